The van der Waals surface area contributed by atoms with E-state index in [0.29, 0.717) is 30.8 Å². The largest absolute Gasteiger partial charge is 0.493 e. The molecule has 2 heterocycles. The first-order chi connectivity index (χ1) is 12.7. The van der Waals surface area contributed by atoms with Crippen LogP contribution in [0, 0.1) is 11.7 Å². The normalized spacial score (nSPS) is 21.2. The molecule has 6 heteroatoms. The Morgan fingerprint density at radius 3 is 2.96 bits per heavy atom. The highest BCUT2D eigenvalue weighted by Crippen LogP contribution is 2.26. The first-order valence-corrected chi connectivity index (χ1v) is 8.66. The van der Waals surface area contributed by atoms with E-state index in [4.69, 9.17) is 9.57 Å². The van der Waals surface area contributed by atoms with Crippen molar-refractivity contribution in [3.05, 3.63) is 65.5 Å². The van der Waals surface area contributed by atoms with Crippen LogP contribution in [0.2, 0.25) is 0 Å². The second kappa shape index (κ2) is 7.15. The highest BCUT2D eigenvalue weighted by atomic mass is 19.1. The van der Waals surface area contributed by atoms with Gasteiger partial charge in [0, 0.05) is 24.4 Å². The van der Waals surface area contributed by atoms with Crippen LogP contribution < -0.4 is 10.1 Å². The summed E-state index contributed by atoms with van der Waals surface area (Å²) in [7, 11) is 0. The second-order valence-electron chi connectivity index (χ2n) is 6.58. The van der Waals surface area contributed by atoms with Gasteiger partial charge in [-0.25, -0.2) is 4.39 Å². The van der Waals surface area contributed by atoms with Gasteiger partial charge in [0.15, 0.2) is 0 Å². The van der Waals surface area contributed by atoms with Crippen LogP contribution in [0.1, 0.15) is 17.5 Å². The van der Waals surface area contributed by atoms with Gasteiger partial charge in [-0.15, -0.1) is 0 Å². The maximum Gasteiger partial charge on any atom is 0.264 e. The van der Waals surface area contributed by atoms with Crippen LogP contribution in [0.3, 0.4) is 0 Å². The number of para-hydroxylation sites is 1. The molecule has 0 aliphatic carbocycles. The predicted octanol–water partition coefficient (Wildman–Crippen LogP) is 2.69. The van der Waals surface area contributed by atoms with Crippen LogP contribution in [0.4, 0.5) is 4.39 Å². The Morgan fingerprint density at radius 1 is 1.19 bits per heavy atom. The van der Waals surface area contributed by atoms with Crippen molar-refractivity contribution in [1.29, 1.82) is 0 Å². The van der Waals surface area contributed by atoms with Crippen molar-refractivity contribution in [3.8, 4) is 5.75 Å². The van der Waals surface area contributed by atoms with Gasteiger partial charge < -0.3 is 14.9 Å². The van der Waals surface area contributed by atoms with E-state index in [0.717, 1.165) is 17.7 Å². The zero-order valence-electron chi connectivity index (χ0n) is 14.2. The highest BCUT2D eigenvalue weighted by Gasteiger charge is 2.30. The van der Waals surface area contributed by atoms with Gasteiger partial charge in [0.25, 0.3) is 5.91 Å². The lowest BCUT2D eigenvalue weighted by molar-refractivity contribution is -0.131. The van der Waals surface area contributed by atoms with Gasteiger partial charge in [-0.05, 0) is 30.2 Å². The molecule has 5 nitrogen and oxygen atoms in total. The number of oxime groups is 1. The summed E-state index contributed by atoms with van der Waals surface area (Å²) in [5.74, 6) is 0.593. The van der Waals surface area contributed by atoms with Crippen LogP contribution in [-0.2, 0) is 16.1 Å². The molecular weight excluding hydrogens is 335 g/mol. The molecule has 4 rings (SSSR count). The molecular formula is C20H19FN2O3. The van der Waals surface area contributed by atoms with E-state index in [1.807, 2.05) is 24.3 Å². The molecule has 0 saturated heterocycles. The lowest BCUT2D eigenvalue weighted by Crippen LogP contribution is -2.40. The number of ether oxygens (including phenoxy) is 1. The first-order valence-electron chi connectivity index (χ1n) is 8.66. The highest BCUT2D eigenvalue weighted by molar-refractivity contribution is 6.04. The van der Waals surface area contributed by atoms with E-state index in [-0.39, 0.29) is 17.6 Å². The Bertz CT molecular complexity index is 852. The quantitative estimate of drug-likeness (QED) is 0.918. The molecule has 2 aromatic rings. The Labute approximate surface area is 150 Å². The minimum atomic E-state index is -0.676. The molecule has 2 aromatic carbocycles. The number of hydrogen-bond acceptors (Lipinski definition) is 4. The van der Waals surface area contributed by atoms with Crippen LogP contribution in [0.15, 0.2) is 53.7 Å². The number of halogens is 1. The lowest BCUT2D eigenvalue weighted by atomic mass is 9.96. The number of rotatable bonds is 4. The monoisotopic (exact) mass is 354 g/mol. The summed E-state index contributed by atoms with van der Waals surface area (Å²) < 4.78 is 19.1. The van der Waals surface area contributed by atoms with Crippen molar-refractivity contribution in [2.24, 2.45) is 11.1 Å². The number of amides is 1. The van der Waals surface area contributed by atoms with Crippen LogP contribution in [-0.4, -0.2) is 30.9 Å². The van der Waals surface area contributed by atoms with Crippen LogP contribution in [0.5, 0.6) is 5.75 Å². The SMILES string of the molecule is O=C(NC[C@H]1COc2ccccc2C1)[C@@H]1CC(c2cccc(F)c2)=NO1. The number of carbonyl (C=O) groups is 1. The number of nitrogens with zero attached hydrogens (tertiary/aromatic N) is 1. The molecule has 2 aliphatic heterocycles. The van der Waals surface area contributed by atoms with E-state index >= 15 is 0 Å². The molecule has 0 saturated carbocycles. The summed E-state index contributed by atoms with van der Waals surface area (Å²) >= 11 is 0. The Hall–Kier alpha value is -2.89. The van der Waals surface area contributed by atoms with E-state index in [2.05, 4.69) is 10.5 Å². The fraction of sp³-hybridized carbons (Fsp3) is 0.300. The lowest BCUT2D eigenvalue weighted by Gasteiger charge is -2.25. The molecule has 0 aromatic heterocycles. The van der Waals surface area contributed by atoms with Crippen molar-refractivity contribution < 1.29 is 18.8 Å². The number of hydrogen-bond donors (Lipinski definition) is 1. The molecule has 1 amide bonds. The number of fused-ring (bicyclic) bond motifs is 1. The molecule has 0 bridgehead atoms. The summed E-state index contributed by atoms with van der Waals surface area (Å²) in [6, 6.07) is 14.1. The van der Waals surface area contributed by atoms with Crippen molar-refractivity contribution in [3.63, 3.8) is 0 Å². The van der Waals surface area contributed by atoms with Gasteiger partial charge in [-0.3, -0.25) is 4.79 Å². The predicted molar refractivity (Wildman–Crippen MR) is 94.6 cm³/mol. The van der Waals surface area contributed by atoms with Crippen molar-refractivity contribution in [2.75, 3.05) is 13.2 Å². The Kier molecular flexibility index (Phi) is 4.56. The molecule has 0 radical (unpaired) electrons. The van der Waals surface area contributed by atoms with Crippen LogP contribution >= 0.6 is 0 Å². The van der Waals surface area contributed by atoms with Gasteiger partial charge in [-0.2, -0.15) is 0 Å². The average molecular weight is 354 g/mol. The maximum atomic E-state index is 13.3. The molecule has 2 atom stereocenters. The fourth-order valence-electron chi connectivity index (χ4n) is 3.24. The summed E-state index contributed by atoms with van der Waals surface area (Å²) in [6.45, 7) is 1.09. The first kappa shape index (κ1) is 16.6. The Morgan fingerprint density at radius 2 is 2.08 bits per heavy atom. The molecule has 134 valence electrons. The summed E-state index contributed by atoms with van der Waals surface area (Å²) in [4.78, 5) is 17.6. The van der Waals surface area contributed by atoms with E-state index < -0.39 is 6.10 Å². The third kappa shape index (κ3) is 3.54. The molecule has 1 N–H and O–H groups in total. The topological polar surface area (TPSA) is 59.9 Å². The summed E-state index contributed by atoms with van der Waals surface area (Å²) in [6.07, 6.45) is 0.525. The van der Waals surface area contributed by atoms with Gasteiger partial charge in [-0.1, -0.05) is 35.5 Å². The molecule has 26 heavy (non-hydrogen) atoms. The minimum absolute atomic E-state index is 0.209. The zero-order chi connectivity index (χ0) is 17.9. The van der Waals surface area contributed by atoms with E-state index in [1.165, 1.54) is 12.1 Å². The second-order valence-corrected chi connectivity index (χ2v) is 6.58. The maximum absolute atomic E-state index is 13.3. The third-order valence-electron chi connectivity index (χ3n) is 4.64. The third-order valence-corrected chi connectivity index (χ3v) is 4.64. The zero-order valence-corrected chi connectivity index (χ0v) is 14.2. The average Bonchev–Trinajstić information content (AvgIpc) is 3.16. The molecule has 0 spiro atoms. The molecule has 0 unspecified atom stereocenters. The smallest absolute Gasteiger partial charge is 0.264 e. The fourth-order valence-corrected chi connectivity index (χ4v) is 3.24. The van der Waals surface area contributed by atoms with Gasteiger partial charge in [0.1, 0.15) is 11.6 Å². The molecule has 0 fully saturated rings. The number of carbonyl (C=O) groups excluding carboxylic acids is 1. The van der Waals surface area contributed by atoms with Crippen molar-refractivity contribution >= 4 is 11.6 Å². The van der Waals surface area contributed by atoms with E-state index in [1.54, 1.807) is 12.1 Å². The number of nitrogens with one attached hydrogen (secondary N) is 1. The summed E-state index contributed by atoms with van der Waals surface area (Å²) in [5.41, 5.74) is 2.38. The van der Waals surface area contributed by atoms with Crippen molar-refractivity contribution in [2.45, 2.75) is 18.9 Å². The molecule has 2 aliphatic rings. The van der Waals surface area contributed by atoms with Gasteiger partial charge in [0.05, 0.1) is 12.3 Å². The Balaban J connectivity index is 1.29. The van der Waals surface area contributed by atoms with E-state index in [9.17, 15) is 9.18 Å². The van der Waals surface area contributed by atoms with Gasteiger partial charge in [0.2, 0.25) is 6.10 Å². The van der Waals surface area contributed by atoms with Crippen LogP contribution in [0.25, 0.3) is 0 Å². The summed E-state index contributed by atoms with van der Waals surface area (Å²) in [5, 5.41) is 6.86. The standard InChI is InChI=1S/C20H19FN2O3/c21-16-6-3-5-14(9-16)17-10-19(26-23-17)20(24)22-11-13-8-15-4-1-2-7-18(15)25-12-13/h1-7,9,13,19H,8,10-12H2,(H,22,24)/t13-,19-/m0/s1. The van der Waals surface area contributed by atoms with Gasteiger partial charge >= 0.3 is 0 Å². The van der Waals surface area contributed by atoms with Crippen molar-refractivity contribution in [1.82, 2.24) is 5.32 Å². The minimum Gasteiger partial charge on any atom is -0.493 e. The number of benzene rings is 2.